The Labute approximate surface area is 113 Å². The van der Waals surface area contributed by atoms with Gasteiger partial charge in [0.15, 0.2) is 0 Å². The van der Waals surface area contributed by atoms with Crippen LogP contribution in [0.25, 0.3) is 0 Å². The molecule has 0 bridgehead atoms. The lowest BCUT2D eigenvalue weighted by Crippen LogP contribution is -2.50. The molecule has 1 atom stereocenters. The second-order valence-corrected chi connectivity index (χ2v) is 5.05. The summed E-state index contributed by atoms with van der Waals surface area (Å²) in [5.41, 5.74) is 6.70. The summed E-state index contributed by atoms with van der Waals surface area (Å²) >= 11 is 3.27. The highest BCUT2D eigenvalue weighted by Gasteiger charge is 2.24. The Hall–Kier alpha value is -1.56. The van der Waals surface area contributed by atoms with Crippen LogP contribution in [0.2, 0.25) is 0 Å². The summed E-state index contributed by atoms with van der Waals surface area (Å²) in [5, 5.41) is 5.45. The number of nitrogens with two attached hydrogens (primary N) is 1. The minimum atomic E-state index is -0.442. The van der Waals surface area contributed by atoms with Crippen molar-refractivity contribution in [3.63, 3.8) is 0 Å². The lowest BCUT2D eigenvalue weighted by atomic mass is 10.1. The summed E-state index contributed by atoms with van der Waals surface area (Å²) < 4.78 is 0.670. The van der Waals surface area contributed by atoms with Crippen LogP contribution in [0.15, 0.2) is 22.7 Å². The summed E-state index contributed by atoms with van der Waals surface area (Å²) in [6, 6.07) is 4.49. The molecule has 1 unspecified atom stereocenters. The highest BCUT2D eigenvalue weighted by Crippen LogP contribution is 2.20. The number of anilines is 1. The van der Waals surface area contributed by atoms with Gasteiger partial charge in [0.2, 0.25) is 5.91 Å². The third-order valence-corrected chi connectivity index (χ3v) is 3.54. The predicted octanol–water partition coefficient (Wildman–Crippen LogP) is 1.04. The van der Waals surface area contributed by atoms with Crippen LogP contribution in [0.5, 0.6) is 0 Å². The molecule has 5 nitrogen and oxygen atoms in total. The van der Waals surface area contributed by atoms with Crippen molar-refractivity contribution in [2.24, 2.45) is 0 Å². The van der Waals surface area contributed by atoms with E-state index in [-0.39, 0.29) is 11.8 Å². The van der Waals surface area contributed by atoms with Crippen molar-refractivity contribution in [2.45, 2.75) is 18.9 Å². The van der Waals surface area contributed by atoms with Gasteiger partial charge in [0.25, 0.3) is 5.91 Å². The zero-order valence-corrected chi connectivity index (χ0v) is 11.3. The molecule has 2 amide bonds. The summed E-state index contributed by atoms with van der Waals surface area (Å²) in [7, 11) is 0. The number of piperidine rings is 1. The zero-order chi connectivity index (χ0) is 13.1. The first kappa shape index (κ1) is 12.9. The van der Waals surface area contributed by atoms with Crippen molar-refractivity contribution in [1.82, 2.24) is 10.6 Å². The number of nitrogens with one attached hydrogen (secondary N) is 2. The quantitative estimate of drug-likeness (QED) is 0.714. The highest BCUT2D eigenvalue weighted by molar-refractivity contribution is 9.10. The fourth-order valence-electron chi connectivity index (χ4n) is 1.82. The van der Waals surface area contributed by atoms with E-state index in [0.717, 1.165) is 6.42 Å². The molecule has 1 aliphatic rings. The molecule has 4 N–H and O–H groups in total. The highest BCUT2D eigenvalue weighted by atomic mass is 79.9. The van der Waals surface area contributed by atoms with Crippen LogP contribution >= 0.6 is 15.9 Å². The molecule has 18 heavy (non-hydrogen) atoms. The molecule has 1 heterocycles. The third kappa shape index (κ3) is 2.81. The average molecular weight is 312 g/mol. The van der Waals surface area contributed by atoms with E-state index in [4.69, 9.17) is 5.73 Å². The summed E-state index contributed by atoms with van der Waals surface area (Å²) in [6.45, 7) is 0.679. The molecule has 1 aromatic rings. The van der Waals surface area contributed by atoms with Crippen LogP contribution in [0.3, 0.4) is 0 Å². The van der Waals surface area contributed by atoms with Gasteiger partial charge in [0.05, 0.1) is 0 Å². The number of halogens is 1. The van der Waals surface area contributed by atoms with E-state index in [0.29, 0.717) is 28.7 Å². The van der Waals surface area contributed by atoms with Gasteiger partial charge in [-0.2, -0.15) is 0 Å². The molecule has 1 aromatic carbocycles. The fourth-order valence-corrected chi connectivity index (χ4v) is 2.20. The molecule has 0 spiro atoms. The molecular weight excluding hydrogens is 298 g/mol. The smallest absolute Gasteiger partial charge is 0.251 e. The fraction of sp³-hybridized carbons (Fsp3) is 0.333. The predicted molar refractivity (Wildman–Crippen MR) is 72.1 cm³/mol. The molecule has 1 aliphatic heterocycles. The average Bonchev–Trinajstić information content (AvgIpc) is 2.35. The SMILES string of the molecule is Nc1ccc(C(=O)NC2CCCNC2=O)cc1Br. The number of rotatable bonds is 2. The number of amides is 2. The molecule has 2 rings (SSSR count). The Morgan fingerprint density at radius 3 is 2.94 bits per heavy atom. The van der Waals surface area contributed by atoms with Crippen molar-refractivity contribution in [1.29, 1.82) is 0 Å². The van der Waals surface area contributed by atoms with Gasteiger partial charge in [-0.25, -0.2) is 0 Å². The molecular formula is C12H14BrN3O2. The van der Waals surface area contributed by atoms with Gasteiger partial charge in [-0.05, 0) is 47.0 Å². The van der Waals surface area contributed by atoms with E-state index >= 15 is 0 Å². The Morgan fingerprint density at radius 1 is 1.50 bits per heavy atom. The van der Waals surface area contributed by atoms with Crippen LogP contribution in [0, 0.1) is 0 Å². The number of benzene rings is 1. The Morgan fingerprint density at radius 2 is 2.28 bits per heavy atom. The van der Waals surface area contributed by atoms with Gasteiger partial charge in [-0.15, -0.1) is 0 Å². The van der Waals surface area contributed by atoms with Gasteiger partial charge in [-0.3, -0.25) is 9.59 Å². The van der Waals surface area contributed by atoms with Crippen LogP contribution < -0.4 is 16.4 Å². The van der Waals surface area contributed by atoms with Crippen LogP contribution in [-0.4, -0.2) is 24.4 Å². The first-order valence-corrected chi connectivity index (χ1v) is 6.51. The van der Waals surface area contributed by atoms with Crippen LogP contribution in [0.1, 0.15) is 23.2 Å². The van der Waals surface area contributed by atoms with Gasteiger partial charge >= 0.3 is 0 Å². The van der Waals surface area contributed by atoms with Crippen molar-refractivity contribution in [3.8, 4) is 0 Å². The standard InChI is InChI=1S/C12H14BrN3O2/c13-8-6-7(3-4-9(8)14)11(17)16-10-2-1-5-15-12(10)18/h3-4,6,10H,1-2,5,14H2,(H,15,18)(H,16,17). The maximum absolute atomic E-state index is 12.0. The first-order chi connectivity index (χ1) is 8.58. The molecule has 0 radical (unpaired) electrons. The zero-order valence-electron chi connectivity index (χ0n) is 9.70. The molecule has 6 heteroatoms. The summed E-state index contributed by atoms with van der Waals surface area (Å²) in [5.74, 6) is -0.387. The maximum Gasteiger partial charge on any atom is 0.251 e. The number of carbonyl (C=O) groups is 2. The van der Waals surface area contributed by atoms with E-state index in [9.17, 15) is 9.59 Å². The Kier molecular flexibility index (Phi) is 3.86. The molecule has 0 aromatic heterocycles. The minimum Gasteiger partial charge on any atom is -0.398 e. The van der Waals surface area contributed by atoms with E-state index in [1.54, 1.807) is 18.2 Å². The Balaban J connectivity index is 2.07. The molecule has 96 valence electrons. The molecule has 1 saturated heterocycles. The number of hydrogen-bond donors (Lipinski definition) is 3. The van der Waals surface area contributed by atoms with Crippen LogP contribution in [0.4, 0.5) is 5.69 Å². The number of carbonyl (C=O) groups excluding carboxylic acids is 2. The molecule has 0 saturated carbocycles. The van der Waals surface area contributed by atoms with E-state index in [1.807, 2.05) is 0 Å². The topological polar surface area (TPSA) is 84.2 Å². The monoisotopic (exact) mass is 311 g/mol. The summed E-state index contributed by atoms with van der Waals surface area (Å²) in [6.07, 6.45) is 1.55. The molecule has 0 aliphatic carbocycles. The number of nitrogen functional groups attached to an aromatic ring is 1. The van der Waals surface area contributed by atoms with Gasteiger partial charge in [-0.1, -0.05) is 0 Å². The van der Waals surface area contributed by atoms with Crippen molar-refractivity contribution < 1.29 is 9.59 Å². The van der Waals surface area contributed by atoms with E-state index in [2.05, 4.69) is 26.6 Å². The summed E-state index contributed by atoms with van der Waals surface area (Å²) in [4.78, 5) is 23.5. The lowest BCUT2D eigenvalue weighted by molar-refractivity contribution is -0.124. The third-order valence-electron chi connectivity index (χ3n) is 2.85. The molecule has 1 fully saturated rings. The minimum absolute atomic E-state index is 0.121. The van der Waals surface area contributed by atoms with Gasteiger partial charge in [0, 0.05) is 22.3 Å². The van der Waals surface area contributed by atoms with E-state index < -0.39 is 6.04 Å². The maximum atomic E-state index is 12.0. The second-order valence-electron chi connectivity index (χ2n) is 4.20. The van der Waals surface area contributed by atoms with Crippen molar-refractivity contribution in [3.05, 3.63) is 28.2 Å². The van der Waals surface area contributed by atoms with Gasteiger partial charge < -0.3 is 16.4 Å². The van der Waals surface area contributed by atoms with Crippen molar-refractivity contribution >= 4 is 33.4 Å². The normalized spacial score (nSPS) is 19.2. The Bertz CT molecular complexity index is 490. The lowest BCUT2D eigenvalue weighted by Gasteiger charge is -2.22. The van der Waals surface area contributed by atoms with Crippen LogP contribution in [-0.2, 0) is 4.79 Å². The second kappa shape index (κ2) is 5.39. The van der Waals surface area contributed by atoms with Gasteiger partial charge in [0.1, 0.15) is 6.04 Å². The van der Waals surface area contributed by atoms with Crippen molar-refractivity contribution in [2.75, 3.05) is 12.3 Å². The number of hydrogen-bond acceptors (Lipinski definition) is 3. The largest absolute Gasteiger partial charge is 0.398 e. The first-order valence-electron chi connectivity index (χ1n) is 5.71. The van der Waals surface area contributed by atoms with E-state index in [1.165, 1.54) is 0 Å².